The smallest absolute Gasteiger partial charge is 0.123 e. The number of methoxy groups -OCH3 is 1. The Balaban J connectivity index is 2.08. The third-order valence-corrected chi connectivity index (χ3v) is 3.76. The number of hydrogen-bond donors (Lipinski definition) is 0. The van der Waals surface area contributed by atoms with Crippen LogP contribution < -0.4 is 4.74 Å². The van der Waals surface area contributed by atoms with Gasteiger partial charge in [-0.15, -0.1) is 11.6 Å². The number of aromatic nitrogens is 2. The van der Waals surface area contributed by atoms with E-state index in [1.165, 1.54) is 0 Å². The molecule has 0 unspecified atom stereocenters. The lowest BCUT2D eigenvalue weighted by Crippen LogP contribution is -2.07. The van der Waals surface area contributed by atoms with E-state index in [2.05, 4.69) is 16.7 Å². The van der Waals surface area contributed by atoms with Gasteiger partial charge in [0.2, 0.25) is 0 Å². The normalized spacial score (nSPS) is 11.0. The maximum Gasteiger partial charge on any atom is 0.123 e. The van der Waals surface area contributed by atoms with Crippen molar-refractivity contribution in [1.29, 1.82) is 0 Å². The lowest BCUT2D eigenvalue weighted by atomic mass is 10.2. The minimum absolute atomic E-state index is 0.565. The number of rotatable bonds is 5. The van der Waals surface area contributed by atoms with Gasteiger partial charge in [-0.05, 0) is 18.2 Å². The van der Waals surface area contributed by atoms with Gasteiger partial charge in [-0.1, -0.05) is 30.3 Å². The second kappa shape index (κ2) is 6.19. The molecule has 0 aliphatic rings. The number of aryl methyl sites for hydroxylation is 1. The van der Waals surface area contributed by atoms with E-state index >= 15 is 0 Å². The molecule has 0 saturated carbocycles. The molecule has 0 aliphatic heterocycles. The quantitative estimate of drug-likeness (QED) is 0.669. The van der Waals surface area contributed by atoms with E-state index in [4.69, 9.17) is 21.3 Å². The Labute approximate surface area is 129 Å². The first kappa shape index (κ1) is 14.0. The SMILES string of the molecule is COc1ccccc1Cn1c(CCCl)nc2ccccc21. The standard InChI is InChI=1S/C17H17ClN2O/c1-21-16-9-5-2-6-13(16)12-20-15-8-4-3-7-14(15)19-17(20)10-11-18/h2-9H,10-12H2,1H3. The molecular formula is C17H17ClN2O. The first-order chi connectivity index (χ1) is 10.3. The summed E-state index contributed by atoms with van der Waals surface area (Å²) in [4.78, 5) is 4.69. The number of fused-ring (bicyclic) bond motifs is 1. The van der Waals surface area contributed by atoms with Gasteiger partial charge in [0.15, 0.2) is 0 Å². The van der Waals surface area contributed by atoms with Crippen LogP contribution in [0.25, 0.3) is 11.0 Å². The number of para-hydroxylation sites is 3. The average Bonchev–Trinajstić information content (AvgIpc) is 2.86. The molecule has 108 valence electrons. The molecule has 0 bridgehead atoms. The van der Waals surface area contributed by atoms with E-state index < -0.39 is 0 Å². The second-order valence-electron chi connectivity index (χ2n) is 4.85. The van der Waals surface area contributed by atoms with Crippen molar-refractivity contribution in [2.45, 2.75) is 13.0 Å². The third kappa shape index (κ3) is 2.74. The zero-order valence-corrected chi connectivity index (χ0v) is 12.7. The highest BCUT2D eigenvalue weighted by molar-refractivity contribution is 6.17. The molecule has 1 heterocycles. The van der Waals surface area contributed by atoms with Crippen molar-refractivity contribution in [2.75, 3.05) is 13.0 Å². The highest BCUT2D eigenvalue weighted by atomic mass is 35.5. The summed E-state index contributed by atoms with van der Waals surface area (Å²) in [6.45, 7) is 0.733. The summed E-state index contributed by atoms with van der Waals surface area (Å²) in [6.07, 6.45) is 0.755. The summed E-state index contributed by atoms with van der Waals surface area (Å²) in [5.74, 6) is 2.47. The molecule has 0 atom stereocenters. The molecule has 21 heavy (non-hydrogen) atoms. The Morgan fingerprint density at radius 1 is 1.10 bits per heavy atom. The van der Waals surface area contributed by atoms with Crippen molar-refractivity contribution < 1.29 is 4.74 Å². The van der Waals surface area contributed by atoms with E-state index in [1.807, 2.05) is 36.4 Å². The first-order valence-electron chi connectivity index (χ1n) is 6.95. The topological polar surface area (TPSA) is 27.1 Å². The van der Waals surface area contributed by atoms with Gasteiger partial charge < -0.3 is 9.30 Å². The van der Waals surface area contributed by atoms with Gasteiger partial charge in [0.05, 0.1) is 24.7 Å². The molecule has 0 amide bonds. The van der Waals surface area contributed by atoms with Gasteiger partial charge in [-0.25, -0.2) is 4.98 Å². The molecule has 0 saturated heterocycles. The summed E-state index contributed by atoms with van der Waals surface area (Å²) in [5, 5.41) is 0. The van der Waals surface area contributed by atoms with E-state index in [1.54, 1.807) is 7.11 Å². The van der Waals surface area contributed by atoms with Crippen molar-refractivity contribution in [3.05, 3.63) is 59.9 Å². The number of halogens is 1. The Kier molecular flexibility index (Phi) is 4.11. The molecule has 3 rings (SSSR count). The van der Waals surface area contributed by atoms with Gasteiger partial charge in [0.25, 0.3) is 0 Å². The van der Waals surface area contributed by atoms with Crippen molar-refractivity contribution in [2.24, 2.45) is 0 Å². The summed E-state index contributed by atoms with van der Waals surface area (Å²) in [5.41, 5.74) is 3.27. The molecular weight excluding hydrogens is 284 g/mol. The molecule has 4 heteroatoms. The van der Waals surface area contributed by atoms with Crippen molar-refractivity contribution >= 4 is 22.6 Å². The van der Waals surface area contributed by atoms with Crippen LogP contribution in [0.3, 0.4) is 0 Å². The van der Waals surface area contributed by atoms with Crippen LogP contribution in [0.15, 0.2) is 48.5 Å². The molecule has 0 spiro atoms. The maximum atomic E-state index is 5.92. The molecule has 1 aromatic heterocycles. The number of imidazole rings is 1. The number of benzene rings is 2. The molecule has 3 aromatic rings. The number of ether oxygens (including phenoxy) is 1. The van der Waals surface area contributed by atoms with Gasteiger partial charge >= 0.3 is 0 Å². The minimum Gasteiger partial charge on any atom is -0.496 e. The van der Waals surface area contributed by atoms with E-state index in [0.717, 1.165) is 41.1 Å². The first-order valence-corrected chi connectivity index (χ1v) is 7.49. The van der Waals surface area contributed by atoms with Crippen LogP contribution in [-0.4, -0.2) is 22.5 Å². The van der Waals surface area contributed by atoms with E-state index in [0.29, 0.717) is 5.88 Å². The van der Waals surface area contributed by atoms with Gasteiger partial charge in [0, 0.05) is 17.9 Å². The largest absolute Gasteiger partial charge is 0.496 e. The highest BCUT2D eigenvalue weighted by Gasteiger charge is 2.12. The second-order valence-corrected chi connectivity index (χ2v) is 5.23. The summed E-state index contributed by atoms with van der Waals surface area (Å²) < 4.78 is 7.66. The van der Waals surface area contributed by atoms with Crippen LogP contribution in [0.2, 0.25) is 0 Å². The number of nitrogens with zero attached hydrogens (tertiary/aromatic N) is 2. The van der Waals surface area contributed by atoms with Crippen LogP contribution in [0, 0.1) is 0 Å². The van der Waals surface area contributed by atoms with Gasteiger partial charge in [-0.2, -0.15) is 0 Å². The lowest BCUT2D eigenvalue weighted by molar-refractivity contribution is 0.408. The van der Waals surface area contributed by atoms with Gasteiger partial charge in [-0.3, -0.25) is 0 Å². The fraction of sp³-hybridized carbons (Fsp3) is 0.235. The molecule has 0 aliphatic carbocycles. The van der Waals surface area contributed by atoms with Crippen molar-refractivity contribution in [3.8, 4) is 5.75 Å². The van der Waals surface area contributed by atoms with Crippen LogP contribution in [0.1, 0.15) is 11.4 Å². The zero-order valence-electron chi connectivity index (χ0n) is 11.9. The highest BCUT2D eigenvalue weighted by Crippen LogP contribution is 2.23. The monoisotopic (exact) mass is 300 g/mol. The average molecular weight is 301 g/mol. The maximum absolute atomic E-state index is 5.92. The van der Waals surface area contributed by atoms with E-state index in [-0.39, 0.29) is 0 Å². The molecule has 3 nitrogen and oxygen atoms in total. The summed E-state index contributed by atoms with van der Waals surface area (Å²) in [6, 6.07) is 16.2. The molecule has 2 aromatic carbocycles. The fourth-order valence-electron chi connectivity index (χ4n) is 2.58. The predicted octanol–water partition coefficient (Wildman–Crippen LogP) is 3.87. The van der Waals surface area contributed by atoms with Crippen LogP contribution >= 0.6 is 11.6 Å². The summed E-state index contributed by atoms with van der Waals surface area (Å²) in [7, 11) is 1.70. The number of alkyl halides is 1. The Hall–Kier alpha value is -2.00. The van der Waals surface area contributed by atoms with Crippen molar-refractivity contribution in [1.82, 2.24) is 9.55 Å². The number of hydrogen-bond acceptors (Lipinski definition) is 2. The van der Waals surface area contributed by atoms with Crippen molar-refractivity contribution in [3.63, 3.8) is 0 Å². The Morgan fingerprint density at radius 2 is 1.86 bits per heavy atom. The minimum atomic E-state index is 0.565. The fourth-order valence-corrected chi connectivity index (χ4v) is 2.75. The Bertz CT molecular complexity index is 751. The third-order valence-electron chi connectivity index (χ3n) is 3.57. The van der Waals surface area contributed by atoms with Gasteiger partial charge in [0.1, 0.15) is 11.6 Å². The van der Waals surface area contributed by atoms with Crippen LogP contribution in [0.4, 0.5) is 0 Å². The Morgan fingerprint density at radius 3 is 2.67 bits per heavy atom. The molecule has 0 N–H and O–H groups in total. The lowest BCUT2D eigenvalue weighted by Gasteiger charge is -2.12. The zero-order chi connectivity index (χ0) is 14.7. The molecule has 0 radical (unpaired) electrons. The predicted molar refractivity (Wildman–Crippen MR) is 86.3 cm³/mol. The molecule has 0 fully saturated rings. The van der Waals surface area contributed by atoms with Crippen LogP contribution in [-0.2, 0) is 13.0 Å². The van der Waals surface area contributed by atoms with E-state index in [9.17, 15) is 0 Å². The van der Waals surface area contributed by atoms with Crippen LogP contribution in [0.5, 0.6) is 5.75 Å². The summed E-state index contributed by atoms with van der Waals surface area (Å²) >= 11 is 5.92.